The fourth-order valence-electron chi connectivity index (χ4n) is 3.30. The SMILES string of the molecule is COc1cccc(-c2nn(-c3cc(OC)c(OC)c(OC)c3)c3ncccc23)c1. The molecule has 2 heterocycles. The largest absolute Gasteiger partial charge is 0.497 e. The van der Waals surface area contributed by atoms with Gasteiger partial charge in [-0.3, -0.25) is 0 Å². The first-order valence-corrected chi connectivity index (χ1v) is 8.98. The zero-order valence-electron chi connectivity index (χ0n) is 16.7. The molecule has 2 aromatic carbocycles. The van der Waals surface area contributed by atoms with Crippen molar-refractivity contribution in [3.8, 4) is 39.9 Å². The minimum absolute atomic E-state index is 0.524. The Labute approximate surface area is 168 Å². The van der Waals surface area contributed by atoms with E-state index in [4.69, 9.17) is 24.0 Å². The van der Waals surface area contributed by atoms with Crippen LogP contribution in [0.4, 0.5) is 0 Å². The normalized spacial score (nSPS) is 10.8. The van der Waals surface area contributed by atoms with Crippen molar-refractivity contribution in [1.82, 2.24) is 14.8 Å². The molecule has 4 rings (SSSR count). The van der Waals surface area contributed by atoms with Crippen LogP contribution in [0.2, 0.25) is 0 Å². The van der Waals surface area contributed by atoms with Crippen LogP contribution in [-0.4, -0.2) is 43.2 Å². The second kappa shape index (κ2) is 7.71. The van der Waals surface area contributed by atoms with Crippen LogP contribution >= 0.6 is 0 Å². The lowest BCUT2D eigenvalue weighted by Crippen LogP contribution is -2.01. The van der Waals surface area contributed by atoms with Gasteiger partial charge in [-0.15, -0.1) is 0 Å². The molecule has 0 fully saturated rings. The Morgan fingerprint density at radius 2 is 1.55 bits per heavy atom. The maximum Gasteiger partial charge on any atom is 0.203 e. The summed E-state index contributed by atoms with van der Waals surface area (Å²) in [5.41, 5.74) is 3.21. The highest BCUT2D eigenvalue weighted by atomic mass is 16.5. The van der Waals surface area contributed by atoms with Crippen molar-refractivity contribution in [2.24, 2.45) is 0 Å². The fraction of sp³-hybridized carbons (Fsp3) is 0.182. The topological polar surface area (TPSA) is 67.6 Å². The van der Waals surface area contributed by atoms with E-state index in [1.54, 1.807) is 39.3 Å². The molecule has 0 aliphatic heterocycles. The van der Waals surface area contributed by atoms with Gasteiger partial charge in [0.1, 0.15) is 11.4 Å². The number of hydrogen-bond acceptors (Lipinski definition) is 6. The van der Waals surface area contributed by atoms with Crippen LogP contribution in [-0.2, 0) is 0 Å². The summed E-state index contributed by atoms with van der Waals surface area (Å²) in [4.78, 5) is 4.56. The summed E-state index contributed by atoms with van der Waals surface area (Å²) in [5.74, 6) is 2.38. The minimum atomic E-state index is 0.524. The predicted molar refractivity (Wildman–Crippen MR) is 111 cm³/mol. The average Bonchev–Trinajstić information content (AvgIpc) is 3.17. The van der Waals surface area contributed by atoms with Crippen LogP contribution < -0.4 is 18.9 Å². The van der Waals surface area contributed by atoms with Gasteiger partial charge in [-0.25, -0.2) is 9.67 Å². The van der Waals surface area contributed by atoms with Crippen LogP contribution in [0, 0.1) is 0 Å². The molecule has 0 bridgehead atoms. The molecule has 148 valence electrons. The van der Waals surface area contributed by atoms with Crippen LogP contribution in [0.1, 0.15) is 0 Å². The number of pyridine rings is 1. The van der Waals surface area contributed by atoms with Gasteiger partial charge >= 0.3 is 0 Å². The summed E-state index contributed by atoms with van der Waals surface area (Å²) in [5, 5.41) is 5.78. The Bertz CT molecular complexity index is 1140. The zero-order valence-corrected chi connectivity index (χ0v) is 16.7. The van der Waals surface area contributed by atoms with Crippen molar-refractivity contribution in [3.05, 3.63) is 54.7 Å². The van der Waals surface area contributed by atoms with Crippen molar-refractivity contribution in [3.63, 3.8) is 0 Å². The smallest absolute Gasteiger partial charge is 0.203 e. The van der Waals surface area contributed by atoms with Crippen LogP contribution in [0.25, 0.3) is 28.0 Å². The van der Waals surface area contributed by atoms with E-state index in [0.717, 1.165) is 33.7 Å². The molecule has 0 unspecified atom stereocenters. The molecule has 4 aromatic rings. The standard InChI is InChI=1S/C22H21N3O4/c1-26-16-8-5-7-14(11-16)20-17-9-6-10-23-22(17)25(24-20)15-12-18(27-2)21(29-4)19(13-15)28-3/h5-13H,1-4H3. The Kier molecular flexibility index (Phi) is 4.95. The van der Waals surface area contributed by atoms with Gasteiger partial charge in [0.15, 0.2) is 17.1 Å². The predicted octanol–water partition coefficient (Wildman–Crippen LogP) is 4.12. The summed E-state index contributed by atoms with van der Waals surface area (Å²) in [6, 6.07) is 15.4. The molecule has 7 heteroatoms. The summed E-state index contributed by atoms with van der Waals surface area (Å²) in [6.45, 7) is 0. The van der Waals surface area contributed by atoms with E-state index in [1.807, 2.05) is 48.5 Å². The van der Waals surface area contributed by atoms with Gasteiger partial charge in [-0.05, 0) is 24.3 Å². The first kappa shape index (κ1) is 18.6. The highest BCUT2D eigenvalue weighted by Crippen LogP contribution is 2.40. The number of aromatic nitrogens is 3. The van der Waals surface area contributed by atoms with E-state index in [9.17, 15) is 0 Å². The van der Waals surface area contributed by atoms with Gasteiger partial charge < -0.3 is 18.9 Å². The second-order valence-corrected chi connectivity index (χ2v) is 6.25. The Morgan fingerprint density at radius 3 is 2.21 bits per heavy atom. The van der Waals surface area contributed by atoms with Crippen molar-refractivity contribution >= 4 is 11.0 Å². The number of benzene rings is 2. The van der Waals surface area contributed by atoms with Crippen molar-refractivity contribution in [2.45, 2.75) is 0 Å². The first-order chi connectivity index (χ1) is 14.2. The Morgan fingerprint density at radius 1 is 0.793 bits per heavy atom. The lowest BCUT2D eigenvalue weighted by atomic mass is 10.1. The maximum atomic E-state index is 5.49. The highest BCUT2D eigenvalue weighted by Gasteiger charge is 2.19. The van der Waals surface area contributed by atoms with E-state index in [2.05, 4.69) is 4.98 Å². The van der Waals surface area contributed by atoms with Gasteiger partial charge in [-0.1, -0.05) is 12.1 Å². The molecule has 0 radical (unpaired) electrons. The Balaban J connectivity index is 1.96. The quantitative estimate of drug-likeness (QED) is 0.492. The fourth-order valence-corrected chi connectivity index (χ4v) is 3.30. The van der Waals surface area contributed by atoms with Gasteiger partial charge in [0, 0.05) is 29.3 Å². The molecule has 0 N–H and O–H groups in total. The number of ether oxygens (including phenoxy) is 4. The molecule has 0 saturated carbocycles. The molecular weight excluding hydrogens is 370 g/mol. The number of methoxy groups -OCH3 is 4. The third-order valence-electron chi connectivity index (χ3n) is 4.68. The van der Waals surface area contributed by atoms with Gasteiger partial charge in [0.2, 0.25) is 5.75 Å². The maximum absolute atomic E-state index is 5.49. The average molecular weight is 391 g/mol. The van der Waals surface area contributed by atoms with Crippen molar-refractivity contribution in [2.75, 3.05) is 28.4 Å². The number of hydrogen-bond donors (Lipinski definition) is 0. The van der Waals surface area contributed by atoms with Gasteiger partial charge in [-0.2, -0.15) is 5.10 Å². The molecule has 0 aliphatic carbocycles. The summed E-state index contributed by atoms with van der Waals surface area (Å²) in [6.07, 6.45) is 1.74. The summed E-state index contributed by atoms with van der Waals surface area (Å²) in [7, 11) is 6.39. The van der Waals surface area contributed by atoms with E-state index in [0.29, 0.717) is 17.2 Å². The number of rotatable bonds is 6. The van der Waals surface area contributed by atoms with Crippen LogP contribution in [0.5, 0.6) is 23.0 Å². The first-order valence-electron chi connectivity index (χ1n) is 8.98. The molecule has 0 atom stereocenters. The monoisotopic (exact) mass is 391 g/mol. The molecular formula is C22H21N3O4. The van der Waals surface area contributed by atoms with E-state index >= 15 is 0 Å². The lowest BCUT2D eigenvalue weighted by Gasteiger charge is -2.14. The van der Waals surface area contributed by atoms with Crippen molar-refractivity contribution < 1.29 is 18.9 Å². The van der Waals surface area contributed by atoms with E-state index in [1.165, 1.54) is 0 Å². The van der Waals surface area contributed by atoms with Crippen LogP contribution in [0.15, 0.2) is 54.7 Å². The Hall–Kier alpha value is -3.74. The van der Waals surface area contributed by atoms with E-state index < -0.39 is 0 Å². The molecule has 7 nitrogen and oxygen atoms in total. The zero-order chi connectivity index (χ0) is 20.4. The summed E-state index contributed by atoms with van der Waals surface area (Å²) >= 11 is 0. The molecule has 0 saturated heterocycles. The summed E-state index contributed by atoms with van der Waals surface area (Å²) < 4.78 is 23.6. The van der Waals surface area contributed by atoms with Crippen molar-refractivity contribution in [1.29, 1.82) is 0 Å². The molecule has 29 heavy (non-hydrogen) atoms. The number of fused-ring (bicyclic) bond motifs is 1. The van der Waals surface area contributed by atoms with E-state index in [-0.39, 0.29) is 0 Å². The second-order valence-electron chi connectivity index (χ2n) is 6.25. The van der Waals surface area contributed by atoms with Gasteiger partial charge in [0.25, 0.3) is 0 Å². The molecule has 0 aliphatic rings. The molecule has 0 amide bonds. The lowest BCUT2D eigenvalue weighted by molar-refractivity contribution is 0.324. The highest BCUT2D eigenvalue weighted by molar-refractivity contribution is 5.92. The van der Waals surface area contributed by atoms with Gasteiger partial charge in [0.05, 0.1) is 34.1 Å². The third-order valence-corrected chi connectivity index (χ3v) is 4.68. The third kappa shape index (κ3) is 3.20. The van der Waals surface area contributed by atoms with Crippen LogP contribution in [0.3, 0.4) is 0 Å². The molecule has 2 aromatic heterocycles. The number of nitrogens with zero attached hydrogens (tertiary/aromatic N) is 3. The molecule has 0 spiro atoms. The minimum Gasteiger partial charge on any atom is -0.497 e.